The zero-order valence-electron chi connectivity index (χ0n) is 22.0. The predicted molar refractivity (Wildman–Crippen MR) is 150 cm³/mol. The molecule has 2 aliphatic heterocycles. The van der Waals surface area contributed by atoms with E-state index in [0.717, 1.165) is 60.7 Å². The van der Waals surface area contributed by atoms with Gasteiger partial charge in [-0.2, -0.15) is 5.10 Å². The van der Waals surface area contributed by atoms with E-state index in [9.17, 15) is 9.90 Å². The molecule has 7 rings (SSSR count). The normalized spacial score (nSPS) is 23.8. The number of aromatic nitrogens is 4. The minimum Gasteiger partial charge on any atom is -0.393 e. The van der Waals surface area contributed by atoms with Crippen molar-refractivity contribution in [1.29, 1.82) is 0 Å². The first-order chi connectivity index (χ1) is 19.1. The Hall–Kier alpha value is -3.78. The molecule has 3 N–H and O–H groups in total. The van der Waals surface area contributed by atoms with Crippen LogP contribution in [0.25, 0.3) is 22.2 Å². The Morgan fingerprint density at radius 3 is 2.41 bits per heavy atom. The lowest BCUT2D eigenvalue weighted by Gasteiger charge is -2.39. The van der Waals surface area contributed by atoms with Crippen molar-refractivity contribution < 1.29 is 9.90 Å². The number of hydrogen-bond donors (Lipinski definition) is 3. The van der Waals surface area contributed by atoms with Gasteiger partial charge in [0.1, 0.15) is 0 Å². The van der Waals surface area contributed by atoms with Crippen molar-refractivity contribution in [2.75, 3.05) is 4.90 Å². The molecule has 2 aromatic heterocycles. The third-order valence-electron chi connectivity index (χ3n) is 8.99. The summed E-state index contributed by atoms with van der Waals surface area (Å²) in [5.74, 6) is 0.910. The Morgan fingerprint density at radius 2 is 1.69 bits per heavy atom. The summed E-state index contributed by atoms with van der Waals surface area (Å²) in [5.41, 5.74) is 4.55. The van der Waals surface area contributed by atoms with Crippen molar-refractivity contribution in [2.45, 2.75) is 75.6 Å². The Balaban J connectivity index is 1.14. The second kappa shape index (κ2) is 10.1. The van der Waals surface area contributed by atoms with E-state index in [1.165, 1.54) is 18.5 Å². The van der Waals surface area contributed by atoms with Gasteiger partial charge in [-0.1, -0.05) is 25.0 Å². The lowest BCUT2D eigenvalue weighted by atomic mass is 9.96. The number of carbonyl (C=O) groups is 1. The standard InChI is InChI=1S/C31H34N6O2/c38-25-17-23-11-12-24(18-25)37(23)22-9-6-20(7-10-22)28-26-16-21(8-13-27(26)35-36-28)31(39)34-29(19-4-1-2-5-19)30-32-14-3-15-33-30/h3,6-10,13-16,19,23-25,29,38H,1-2,4-5,11-12,17-18H2,(H,34,39)(H,35,36)/t23-,24+,25-,29-/m0/s1. The molecule has 1 aliphatic carbocycles. The fraction of sp³-hybridized carbons (Fsp3) is 0.419. The van der Waals surface area contributed by atoms with Gasteiger partial charge in [0.2, 0.25) is 0 Å². The van der Waals surface area contributed by atoms with Crippen LogP contribution in [0.3, 0.4) is 0 Å². The molecular formula is C31H34N6O2. The first-order valence-electron chi connectivity index (χ1n) is 14.3. The summed E-state index contributed by atoms with van der Waals surface area (Å²) < 4.78 is 0. The van der Waals surface area contributed by atoms with Crippen LogP contribution in [-0.2, 0) is 0 Å². The van der Waals surface area contributed by atoms with Crippen molar-refractivity contribution in [1.82, 2.24) is 25.5 Å². The molecular weight excluding hydrogens is 488 g/mol. The van der Waals surface area contributed by atoms with E-state index in [2.05, 4.69) is 54.6 Å². The van der Waals surface area contributed by atoms with Gasteiger partial charge in [-0.05, 0) is 80.8 Å². The van der Waals surface area contributed by atoms with Crippen LogP contribution >= 0.6 is 0 Å². The number of carbonyl (C=O) groups excluding carboxylic acids is 1. The smallest absolute Gasteiger partial charge is 0.251 e. The van der Waals surface area contributed by atoms with Gasteiger partial charge in [0, 0.05) is 46.7 Å². The van der Waals surface area contributed by atoms with E-state index >= 15 is 0 Å². The summed E-state index contributed by atoms with van der Waals surface area (Å²) in [6, 6.07) is 16.7. The van der Waals surface area contributed by atoms with Gasteiger partial charge in [-0.15, -0.1) is 0 Å². The van der Waals surface area contributed by atoms with Crippen molar-refractivity contribution in [3.8, 4) is 11.3 Å². The van der Waals surface area contributed by atoms with Crippen LogP contribution in [-0.4, -0.2) is 49.4 Å². The maximum Gasteiger partial charge on any atom is 0.251 e. The fourth-order valence-corrected chi connectivity index (χ4v) is 7.12. The lowest BCUT2D eigenvalue weighted by Crippen LogP contribution is -2.44. The largest absolute Gasteiger partial charge is 0.393 e. The van der Waals surface area contributed by atoms with Gasteiger partial charge >= 0.3 is 0 Å². The zero-order chi connectivity index (χ0) is 26.3. The summed E-state index contributed by atoms with van der Waals surface area (Å²) in [7, 11) is 0. The van der Waals surface area contributed by atoms with E-state index in [-0.39, 0.29) is 18.1 Å². The first-order valence-corrected chi connectivity index (χ1v) is 14.3. The maximum absolute atomic E-state index is 13.5. The minimum absolute atomic E-state index is 0.119. The number of aliphatic hydroxyl groups is 1. The van der Waals surface area contributed by atoms with Crippen LogP contribution in [0, 0.1) is 5.92 Å². The second-order valence-corrected chi connectivity index (χ2v) is 11.4. The number of aliphatic hydroxyl groups excluding tert-OH is 1. The van der Waals surface area contributed by atoms with Crippen LogP contribution in [0.5, 0.6) is 0 Å². The number of nitrogens with one attached hydrogen (secondary N) is 2. The molecule has 0 radical (unpaired) electrons. The highest BCUT2D eigenvalue weighted by Gasteiger charge is 2.40. The van der Waals surface area contributed by atoms with Crippen molar-refractivity contribution in [3.05, 3.63) is 72.3 Å². The molecule has 3 fully saturated rings. The maximum atomic E-state index is 13.5. The molecule has 1 amide bonds. The highest BCUT2D eigenvalue weighted by Crippen LogP contribution is 2.40. The van der Waals surface area contributed by atoms with Crippen LogP contribution < -0.4 is 10.2 Å². The highest BCUT2D eigenvalue weighted by atomic mass is 16.3. The number of piperidine rings is 1. The molecule has 3 aliphatic rings. The van der Waals surface area contributed by atoms with Gasteiger partial charge < -0.3 is 15.3 Å². The Kier molecular flexibility index (Phi) is 6.27. The average molecular weight is 523 g/mol. The molecule has 8 nitrogen and oxygen atoms in total. The topological polar surface area (TPSA) is 107 Å². The Labute approximate surface area is 227 Å². The number of rotatable bonds is 6. The predicted octanol–water partition coefficient (Wildman–Crippen LogP) is 5.17. The van der Waals surface area contributed by atoms with Gasteiger partial charge in [0.15, 0.2) is 5.82 Å². The summed E-state index contributed by atoms with van der Waals surface area (Å²) in [6.07, 6.45) is 11.8. The third-order valence-corrected chi connectivity index (χ3v) is 8.99. The lowest BCUT2D eigenvalue weighted by molar-refractivity contribution is 0.0919. The van der Waals surface area contributed by atoms with E-state index in [1.807, 2.05) is 18.2 Å². The second-order valence-electron chi connectivity index (χ2n) is 11.4. The van der Waals surface area contributed by atoms with E-state index in [4.69, 9.17) is 0 Å². The van der Waals surface area contributed by atoms with E-state index < -0.39 is 0 Å². The third kappa shape index (κ3) is 4.56. The van der Waals surface area contributed by atoms with Gasteiger partial charge in [-0.25, -0.2) is 9.97 Å². The van der Waals surface area contributed by atoms with Crippen LogP contribution in [0.4, 0.5) is 5.69 Å². The van der Waals surface area contributed by atoms with Crippen LogP contribution in [0.2, 0.25) is 0 Å². The zero-order valence-corrected chi connectivity index (χ0v) is 22.0. The van der Waals surface area contributed by atoms with Crippen LogP contribution in [0.1, 0.15) is 73.6 Å². The number of H-pyrrole nitrogens is 1. The Bertz CT molecular complexity index is 1450. The Morgan fingerprint density at radius 1 is 0.974 bits per heavy atom. The highest BCUT2D eigenvalue weighted by molar-refractivity contribution is 6.01. The van der Waals surface area contributed by atoms with E-state index in [0.29, 0.717) is 29.4 Å². The molecule has 0 spiro atoms. The molecule has 200 valence electrons. The summed E-state index contributed by atoms with van der Waals surface area (Å²) in [5, 5.41) is 22.1. The van der Waals surface area contributed by atoms with Gasteiger partial charge in [-0.3, -0.25) is 9.89 Å². The van der Waals surface area contributed by atoms with Crippen molar-refractivity contribution >= 4 is 22.5 Å². The summed E-state index contributed by atoms with van der Waals surface area (Å²) >= 11 is 0. The number of aromatic amines is 1. The van der Waals surface area contributed by atoms with Crippen molar-refractivity contribution in [2.24, 2.45) is 5.92 Å². The fourth-order valence-electron chi connectivity index (χ4n) is 7.12. The first kappa shape index (κ1) is 24.3. The number of benzene rings is 2. The number of hydrogen-bond acceptors (Lipinski definition) is 6. The number of fused-ring (bicyclic) bond motifs is 3. The average Bonchev–Trinajstić information content (AvgIpc) is 3.70. The quantitative estimate of drug-likeness (QED) is 0.322. The molecule has 2 bridgehead atoms. The molecule has 2 saturated heterocycles. The SMILES string of the molecule is O=C(N[C@H](c1ncccn1)C1CCCC1)c1ccc2[nH]nc(-c3ccc(N4[C@@H]5CC[C@H]4C[C@H](O)C5)cc3)c2c1. The van der Waals surface area contributed by atoms with Crippen molar-refractivity contribution in [3.63, 3.8) is 0 Å². The molecule has 8 heteroatoms. The summed E-state index contributed by atoms with van der Waals surface area (Å²) in [4.78, 5) is 24.9. The number of amides is 1. The minimum atomic E-state index is -0.195. The number of nitrogens with zero attached hydrogens (tertiary/aromatic N) is 4. The van der Waals surface area contributed by atoms with E-state index in [1.54, 1.807) is 18.5 Å². The number of anilines is 1. The molecule has 2 aromatic carbocycles. The van der Waals surface area contributed by atoms with Gasteiger partial charge in [0.05, 0.1) is 23.4 Å². The molecule has 39 heavy (non-hydrogen) atoms. The van der Waals surface area contributed by atoms with Gasteiger partial charge in [0.25, 0.3) is 5.91 Å². The molecule has 4 heterocycles. The summed E-state index contributed by atoms with van der Waals surface area (Å²) in [6.45, 7) is 0. The van der Waals surface area contributed by atoms with Crippen LogP contribution in [0.15, 0.2) is 60.9 Å². The molecule has 0 unspecified atom stereocenters. The molecule has 1 saturated carbocycles. The monoisotopic (exact) mass is 522 g/mol. The molecule has 4 atom stereocenters. The molecule has 4 aromatic rings.